The molecule has 0 saturated heterocycles. The first-order valence-corrected chi connectivity index (χ1v) is 21.8. The molecule has 0 unspecified atom stereocenters. The van der Waals surface area contributed by atoms with Gasteiger partial charge in [0.1, 0.15) is 0 Å². The maximum atomic E-state index is 14.5. The van der Waals surface area contributed by atoms with Gasteiger partial charge in [-0.2, -0.15) is 0 Å². The first kappa shape index (κ1) is 34.2. The normalized spacial score (nSPS) is 13.3. The van der Waals surface area contributed by atoms with E-state index >= 15 is 0 Å². The van der Waals surface area contributed by atoms with Crippen molar-refractivity contribution in [2.24, 2.45) is 0 Å². The Bertz CT molecular complexity index is 1850. The number of aromatic carboxylic acids is 1. The molecule has 236 valence electrons. The van der Waals surface area contributed by atoms with Gasteiger partial charge < -0.3 is 0 Å². The van der Waals surface area contributed by atoms with Gasteiger partial charge in [-0.05, 0) is 0 Å². The molecule has 1 aliphatic rings. The molecule has 1 aliphatic heterocycles. The Morgan fingerprint density at radius 2 is 1.48 bits per heavy atom. The molecule has 0 radical (unpaired) electrons. The van der Waals surface area contributed by atoms with Crippen molar-refractivity contribution < 1.29 is 31.8 Å². The number of carboxylic acids is 1. The Morgan fingerprint density at radius 1 is 0.870 bits per heavy atom. The van der Waals surface area contributed by atoms with Gasteiger partial charge >= 0.3 is 286 Å². The monoisotopic (exact) mass is 785 g/mol. The van der Waals surface area contributed by atoms with Gasteiger partial charge in [0.25, 0.3) is 0 Å². The van der Waals surface area contributed by atoms with Crippen molar-refractivity contribution in [3.8, 4) is 5.75 Å². The molecule has 4 aromatic rings. The van der Waals surface area contributed by atoms with Gasteiger partial charge in [-0.3, -0.25) is 0 Å². The molecule has 4 aromatic carbocycles. The zero-order valence-electron chi connectivity index (χ0n) is 24.3. The van der Waals surface area contributed by atoms with Crippen LogP contribution >= 0.6 is 23.2 Å². The topological polar surface area (TPSA) is 92.7 Å². The Balaban J connectivity index is 1.44. The number of benzene rings is 4. The molecule has 0 amide bonds. The van der Waals surface area contributed by atoms with E-state index in [1.807, 2.05) is 42.5 Å². The van der Waals surface area contributed by atoms with E-state index in [9.17, 15) is 22.0 Å². The van der Waals surface area contributed by atoms with Gasteiger partial charge in [-0.15, -0.1) is 0 Å². The van der Waals surface area contributed by atoms with E-state index in [4.69, 9.17) is 33.0 Å². The van der Waals surface area contributed by atoms with E-state index in [-0.39, 0.29) is 22.4 Å². The summed E-state index contributed by atoms with van der Waals surface area (Å²) in [5, 5.41) is 8.66. The summed E-state index contributed by atoms with van der Waals surface area (Å²) in [6.07, 6.45) is 2.77. The second-order valence-corrected chi connectivity index (χ2v) is 22.6. The van der Waals surface area contributed by atoms with Crippen molar-refractivity contribution in [1.29, 1.82) is 0 Å². The van der Waals surface area contributed by atoms with Crippen LogP contribution in [0.5, 0.6) is 5.75 Å². The van der Waals surface area contributed by atoms with Gasteiger partial charge in [-0.25, -0.2) is 0 Å². The zero-order chi connectivity index (χ0) is 32.8. The molecule has 46 heavy (non-hydrogen) atoms. The summed E-state index contributed by atoms with van der Waals surface area (Å²) in [6.45, 7) is 0.228. The first-order chi connectivity index (χ1) is 22.0. The molecule has 6 nitrogen and oxygen atoms in total. The van der Waals surface area contributed by atoms with E-state index in [0.717, 1.165) is 28.9 Å². The van der Waals surface area contributed by atoms with Crippen LogP contribution in [-0.4, -0.2) is 54.1 Å². The minimum atomic E-state index is -4.35. The van der Waals surface area contributed by atoms with Crippen molar-refractivity contribution in [3.63, 3.8) is 0 Å². The summed E-state index contributed by atoms with van der Waals surface area (Å²) in [5.74, 6) is -2.81. The molecule has 2 N–H and O–H groups in total. The minimum absolute atomic E-state index is 0.00916. The summed E-state index contributed by atoms with van der Waals surface area (Å²) < 4.78 is 64.6. The predicted molar refractivity (Wildman–Crippen MR) is 176 cm³/mol. The number of sulfonamides is 1. The van der Waals surface area contributed by atoms with Crippen LogP contribution in [0.4, 0.5) is 8.78 Å². The van der Waals surface area contributed by atoms with E-state index in [0.29, 0.717) is 24.7 Å². The molecular formula is C34H28Cl2F2InNO5S. The number of ether oxygens (including phenoxy) is 1. The number of carboxylic acid groups (broad SMARTS) is 1. The maximum absolute atomic E-state index is 14.5. The van der Waals surface area contributed by atoms with Gasteiger partial charge in [0.15, 0.2) is 0 Å². The second-order valence-electron chi connectivity index (χ2n) is 10.6. The van der Waals surface area contributed by atoms with Crippen LogP contribution in [0.1, 0.15) is 38.0 Å². The van der Waals surface area contributed by atoms with Gasteiger partial charge in [0, 0.05) is 0 Å². The molecule has 5 rings (SSSR count). The van der Waals surface area contributed by atoms with Crippen LogP contribution in [-0.2, 0) is 10.0 Å². The molecule has 1 heterocycles. The SMILES string of the molecule is O=C(O)c1ccc(OCCC2=[C](CCNS(=O)(=O)c3cc(Cl)c(F)cc3F)[In]([CH](c3ccccc3)c3ccccc3)[C](Cl)=C2)cc1. The summed E-state index contributed by atoms with van der Waals surface area (Å²) in [4.78, 5) is 10.5. The predicted octanol–water partition coefficient (Wildman–Crippen LogP) is 7.83. The van der Waals surface area contributed by atoms with Crippen LogP contribution in [0, 0.1) is 11.6 Å². The Labute approximate surface area is 283 Å². The van der Waals surface area contributed by atoms with Crippen molar-refractivity contribution in [3.05, 3.63) is 148 Å². The molecule has 0 saturated carbocycles. The molecule has 0 fully saturated rings. The summed E-state index contributed by atoms with van der Waals surface area (Å²) in [7, 11) is -4.35. The average Bonchev–Trinajstić information content (AvgIpc) is 3.34. The van der Waals surface area contributed by atoms with E-state index < -0.39 is 59.0 Å². The molecule has 0 spiro atoms. The third-order valence-corrected chi connectivity index (χ3v) is 21.5. The van der Waals surface area contributed by atoms with Crippen molar-refractivity contribution in [2.45, 2.75) is 21.4 Å². The second kappa shape index (κ2) is 15.2. The summed E-state index contributed by atoms with van der Waals surface area (Å²) in [5.41, 5.74) is 3.33. The van der Waals surface area contributed by atoms with Gasteiger partial charge in [0.05, 0.1) is 0 Å². The number of halogens is 4. The number of allylic oxidation sites excluding steroid dienone is 1. The standard InChI is InChI=1S/C21H17Cl2F2NO5S.C13H11.In/c22-9-7-14(8-11-31-16-5-3-15(4-6-16)21(27)28)2-1-10-26-32(29,30)20-12-17(23)18(24)13-19(20)25;1-3-7-12(8-4-1)11-13-9-5-2-6-10-13;/h3-7,12-13,26H,1,8,10-11H2,(H,27,28);1-11H;. The molecule has 0 aromatic heterocycles. The van der Waals surface area contributed by atoms with Gasteiger partial charge in [0.2, 0.25) is 0 Å². The van der Waals surface area contributed by atoms with Crippen molar-refractivity contribution in [1.82, 2.24) is 4.72 Å². The van der Waals surface area contributed by atoms with Crippen LogP contribution in [0.25, 0.3) is 0 Å². The zero-order valence-corrected chi connectivity index (χ0v) is 29.9. The van der Waals surface area contributed by atoms with Crippen LogP contribution in [0.15, 0.2) is 120 Å². The molecular weight excluding hydrogens is 758 g/mol. The summed E-state index contributed by atoms with van der Waals surface area (Å²) in [6, 6.07) is 27.4. The third kappa shape index (κ3) is 8.04. The number of hydrogen-bond acceptors (Lipinski definition) is 4. The van der Waals surface area contributed by atoms with E-state index in [1.54, 1.807) is 12.1 Å². The number of rotatable bonds is 13. The Hall–Kier alpha value is -3.15. The van der Waals surface area contributed by atoms with Crippen LogP contribution in [0.3, 0.4) is 0 Å². The average molecular weight is 786 g/mol. The number of carbonyl (C=O) groups is 1. The molecule has 0 atom stereocenters. The molecule has 0 aliphatic carbocycles. The fourth-order valence-electron chi connectivity index (χ4n) is 5.60. The summed E-state index contributed by atoms with van der Waals surface area (Å²) >= 11 is 9.66. The van der Waals surface area contributed by atoms with Gasteiger partial charge in [-0.1, -0.05) is 0 Å². The fraction of sp³-hybridized carbons (Fsp3) is 0.147. The molecule has 0 bridgehead atoms. The number of hydrogen-bond donors (Lipinski definition) is 2. The Morgan fingerprint density at radius 3 is 2.07 bits per heavy atom. The van der Waals surface area contributed by atoms with E-state index in [1.165, 1.54) is 12.1 Å². The third-order valence-electron chi connectivity index (χ3n) is 7.74. The van der Waals surface area contributed by atoms with Crippen molar-refractivity contribution in [2.75, 3.05) is 13.2 Å². The number of nitrogens with one attached hydrogen (secondary N) is 1. The first-order valence-electron chi connectivity index (χ1n) is 14.3. The fourth-order valence-corrected chi connectivity index (χ4v) is 19.5. The van der Waals surface area contributed by atoms with Crippen LogP contribution < -0.4 is 9.46 Å². The quantitative estimate of drug-likeness (QED) is 0.135. The Kier molecular flexibility index (Phi) is 11.3. The van der Waals surface area contributed by atoms with Crippen molar-refractivity contribution >= 4 is 60.6 Å². The van der Waals surface area contributed by atoms with E-state index in [2.05, 4.69) is 29.0 Å². The van der Waals surface area contributed by atoms with Crippen LogP contribution in [0.2, 0.25) is 5.02 Å². The molecule has 12 heteroatoms.